The van der Waals surface area contributed by atoms with E-state index in [2.05, 4.69) is 32.6 Å². The molecule has 0 aliphatic carbocycles. The number of alkyl halides is 1. The first-order chi connectivity index (χ1) is 15.0. The van der Waals surface area contributed by atoms with E-state index < -0.39 is 6.10 Å². The standard InChI is InChI=1S/C23H29ClIN3O3/c1-3-26-19(23(30)28(2)20-10-12-31-16-21(20)29)14-17(7-5-4-6-11-25)13-18-8-9-22(24)27-15-18/h4-9,14-15,20-21,29H,3,10-13,16H2,1-2H3. The van der Waals surface area contributed by atoms with Gasteiger partial charge in [-0.25, -0.2) is 4.98 Å². The Hall–Kier alpha value is -1.55. The fraction of sp³-hybridized carbons (Fsp3) is 0.435. The van der Waals surface area contributed by atoms with Crippen LogP contribution in [-0.2, 0) is 16.0 Å². The summed E-state index contributed by atoms with van der Waals surface area (Å²) in [7, 11) is 1.71. The van der Waals surface area contributed by atoms with Gasteiger partial charge in [0.15, 0.2) is 0 Å². The van der Waals surface area contributed by atoms with Gasteiger partial charge in [0.2, 0.25) is 0 Å². The van der Waals surface area contributed by atoms with Crippen LogP contribution >= 0.6 is 34.2 Å². The molecule has 1 aliphatic rings. The second-order valence-corrected chi connectivity index (χ2v) is 8.37. The molecule has 0 aromatic carbocycles. The predicted octanol–water partition coefficient (Wildman–Crippen LogP) is 3.82. The minimum atomic E-state index is -0.701. The summed E-state index contributed by atoms with van der Waals surface area (Å²) in [5.41, 5.74) is 2.27. The molecule has 0 radical (unpaired) electrons. The van der Waals surface area contributed by atoms with Crippen molar-refractivity contribution in [2.75, 3.05) is 31.2 Å². The van der Waals surface area contributed by atoms with Crippen LogP contribution in [0, 0.1) is 0 Å². The van der Waals surface area contributed by atoms with Crippen molar-refractivity contribution in [3.63, 3.8) is 0 Å². The van der Waals surface area contributed by atoms with Crippen molar-refractivity contribution in [2.24, 2.45) is 4.99 Å². The molecular weight excluding hydrogens is 529 g/mol. The number of aliphatic hydroxyl groups is 1. The van der Waals surface area contributed by atoms with Gasteiger partial charge in [-0.05, 0) is 43.0 Å². The molecule has 1 saturated heterocycles. The number of likely N-dealkylation sites (N-methyl/N-ethyl adjacent to an activating group) is 1. The minimum Gasteiger partial charge on any atom is -0.389 e. The van der Waals surface area contributed by atoms with Crippen molar-refractivity contribution in [2.45, 2.75) is 31.9 Å². The van der Waals surface area contributed by atoms with E-state index in [0.717, 1.165) is 15.6 Å². The van der Waals surface area contributed by atoms with Crippen LogP contribution in [0.3, 0.4) is 0 Å². The fourth-order valence-corrected chi connectivity index (χ4v) is 3.63. The lowest BCUT2D eigenvalue weighted by atomic mass is 10.0. The highest BCUT2D eigenvalue weighted by molar-refractivity contribution is 14.1. The third-order valence-corrected chi connectivity index (χ3v) is 5.55. The molecule has 1 amide bonds. The zero-order valence-corrected chi connectivity index (χ0v) is 20.8. The molecule has 31 heavy (non-hydrogen) atoms. The van der Waals surface area contributed by atoms with Gasteiger partial charge in [0.05, 0.1) is 18.8 Å². The molecule has 168 valence electrons. The molecule has 0 saturated carbocycles. The Morgan fingerprint density at radius 2 is 2.26 bits per heavy atom. The van der Waals surface area contributed by atoms with Crippen molar-refractivity contribution in [1.29, 1.82) is 0 Å². The number of halogens is 2. The summed E-state index contributed by atoms with van der Waals surface area (Å²) >= 11 is 8.19. The van der Waals surface area contributed by atoms with E-state index in [1.54, 1.807) is 24.2 Å². The number of allylic oxidation sites excluding steroid dienone is 5. The predicted molar refractivity (Wildman–Crippen MR) is 134 cm³/mol. The van der Waals surface area contributed by atoms with Crippen LogP contribution in [-0.4, -0.2) is 70.0 Å². The first-order valence-electron chi connectivity index (χ1n) is 10.2. The van der Waals surface area contributed by atoms with Gasteiger partial charge in [0.25, 0.3) is 5.91 Å². The molecule has 8 heteroatoms. The fourth-order valence-electron chi connectivity index (χ4n) is 3.23. The molecule has 2 heterocycles. The van der Waals surface area contributed by atoms with E-state index in [9.17, 15) is 9.90 Å². The Balaban J connectivity index is 2.30. The molecule has 1 fully saturated rings. The lowest BCUT2D eigenvalue weighted by Crippen LogP contribution is -2.51. The van der Waals surface area contributed by atoms with Crippen LogP contribution in [0.15, 0.2) is 59.3 Å². The van der Waals surface area contributed by atoms with Crippen LogP contribution in [0.4, 0.5) is 0 Å². The number of hydrogen-bond acceptors (Lipinski definition) is 5. The second-order valence-electron chi connectivity index (χ2n) is 7.10. The maximum Gasteiger partial charge on any atom is 0.272 e. The van der Waals surface area contributed by atoms with Crippen molar-refractivity contribution < 1.29 is 14.6 Å². The van der Waals surface area contributed by atoms with Crippen LogP contribution < -0.4 is 0 Å². The third-order valence-electron chi connectivity index (χ3n) is 4.82. The maximum atomic E-state index is 13.2. The highest BCUT2D eigenvalue weighted by Crippen LogP contribution is 2.16. The number of aliphatic hydroxyl groups excluding tert-OH is 1. The van der Waals surface area contributed by atoms with E-state index in [1.807, 2.05) is 43.4 Å². The quantitative estimate of drug-likeness (QED) is 0.165. The lowest BCUT2D eigenvalue weighted by Gasteiger charge is -2.35. The molecule has 6 nitrogen and oxygen atoms in total. The summed E-state index contributed by atoms with van der Waals surface area (Å²) < 4.78 is 6.21. The van der Waals surface area contributed by atoms with Crippen LogP contribution in [0.25, 0.3) is 0 Å². The molecular formula is C23H29ClIN3O3. The number of aromatic nitrogens is 1. The first-order valence-corrected chi connectivity index (χ1v) is 12.1. The summed E-state index contributed by atoms with van der Waals surface area (Å²) in [6.45, 7) is 3.14. The largest absolute Gasteiger partial charge is 0.389 e. The zero-order valence-electron chi connectivity index (χ0n) is 17.9. The monoisotopic (exact) mass is 557 g/mol. The van der Waals surface area contributed by atoms with Gasteiger partial charge in [-0.2, -0.15) is 0 Å². The van der Waals surface area contributed by atoms with E-state index in [4.69, 9.17) is 16.3 Å². The van der Waals surface area contributed by atoms with Gasteiger partial charge in [-0.15, -0.1) is 0 Å². The average molecular weight is 558 g/mol. The average Bonchev–Trinajstić information content (AvgIpc) is 2.77. The van der Waals surface area contributed by atoms with Gasteiger partial charge in [0.1, 0.15) is 10.9 Å². The number of carbonyl (C=O) groups excluding carboxylic acids is 1. The van der Waals surface area contributed by atoms with Crippen molar-refractivity contribution in [1.82, 2.24) is 9.88 Å². The van der Waals surface area contributed by atoms with Crippen LogP contribution in [0.5, 0.6) is 0 Å². The number of ether oxygens (including phenoxy) is 1. The Labute approximate surface area is 202 Å². The smallest absolute Gasteiger partial charge is 0.272 e. The highest BCUT2D eigenvalue weighted by Gasteiger charge is 2.31. The Morgan fingerprint density at radius 1 is 1.45 bits per heavy atom. The number of pyridine rings is 1. The normalized spacial score (nSPS) is 20.5. The van der Waals surface area contributed by atoms with Crippen molar-refractivity contribution >= 4 is 45.8 Å². The number of carbonyl (C=O) groups is 1. The molecule has 1 aromatic rings. The van der Waals surface area contributed by atoms with Gasteiger partial charge in [-0.1, -0.05) is 64.6 Å². The van der Waals surface area contributed by atoms with E-state index in [1.165, 1.54) is 0 Å². The zero-order chi connectivity index (χ0) is 22.6. The Bertz CT molecular complexity index is 837. The summed E-state index contributed by atoms with van der Waals surface area (Å²) in [6, 6.07) is 3.38. The van der Waals surface area contributed by atoms with Gasteiger partial charge in [-0.3, -0.25) is 9.79 Å². The molecule has 0 spiro atoms. The van der Waals surface area contributed by atoms with Crippen LogP contribution in [0.2, 0.25) is 5.15 Å². The number of aliphatic imine (C=N–C) groups is 1. The molecule has 2 unspecified atom stereocenters. The molecule has 2 atom stereocenters. The number of hydrogen-bond donors (Lipinski definition) is 1. The van der Waals surface area contributed by atoms with E-state index in [-0.39, 0.29) is 18.6 Å². The minimum absolute atomic E-state index is 0.212. The number of rotatable bonds is 9. The molecule has 1 aromatic heterocycles. The molecule has 0 bridgehead atoms. The topological polar surface area (TPSA) is 75.0 Å². The van der Waals surface area contributed by atoms with Crippen molar-refractivity contribution in [3.8, 4) is 0 Å². The Kier molecular flexibility index (Phi) is 11.4. The van der Waals surface area contributed by atoms with Crippen LogP contribution in [0.1, 0.15) is 18.9 Å². The first kappa shape index (κ1) is 25.7. The highest BCUT2D eigenvalue weighted by atomic mass is 127. The Morgan fingerprint density at radius 3 is 2.90 bits per heavy atom. The SMILES string of the molecule is CCN=C(C=C(C=CC=CCI)Cc1ccc(Cl)nc1)C(=O)N(C)C1CCOCC1O. The molecule has 1 aliphatic heterocycles. The lowest BCUT2D eigenvalue weighted by molar-refractivity contribution is -0.131. The van der Waals surface area contributed by atoms with E-state index >= 15 is 0 Å². The third kappa shape index (κ3) is 8.48. The second kappa shape index (κ2) is 13.8. The molecule has 1 N–H and O–H groups in total. The summed E-state index contributed by atoms with van der Waals surface area (Å²) in [5.74, 6) is -0.212. The maximum absolute atomic E-state index is 13.2. The van der Waals surface area contributed by atoms with Gasteiger partial charge in [0, 0.05) is 30.8 Å². The molecule has 2 rings (SSSR count). The summed E-state index contributed by atoms with van der Waals surface area (Å²) in [5, 5.41) is 10.7. The van der Waals surface area contributed by atoms with Gasteiger partial charge >= 0.3 is 0 Å². The van der Waals surface area contributed by atoms with Gasteiger partial charge < -0.3 is 14.7 Å². The number of nitrogens with zero attached hydrogens (tertiary/aromatic N) is 3. The summed E-state index contributed by atoms with van der Waals surface area (Å²) in [6.07, 6.45) is 12.0. The van der Waals surface area contributed by atoms with Crippen molar-refractivity contribution in [3.05, 3.63) is 65.0 Å². The summed E-state index contributed by atoms with van der Waals surface area (Å²) in [4.78, 5) is 23.4. The van der Waals surface area contributed by atoms with E-state index in [0.29, 0.717) is 36.9 Å². The number of amides is 1.